The number of H-pyrrole nitrogens is 1. The lowest BCUT2D eigenvalue weighted by Crippen LogP contribution is -1.79. The van der Waals surface area contributed by atoms with Crippen molar-refractivity contribution in [3.05, 3.63) is 71.6 Å². The highest BCUT2D eigenvalue weighted by molar-refractivity contribution is 5.79. The Morgan fingerprint density at radius 1 is 0.789 bits per heavy atom. The maximum absolute atomic E-state index is 11.0. The number of hydrogen-bond donors (Lipinski definition) is 1. The lowest BCUT2D eigenvalue weighted by Gasteiger charge is -1.99. The summed E-state index contributed by atoms with van der Waals surface area (Å²) in [5.41, 5.74) is 4.09. The molecule has 1 aromatic heterocycles. The van der Waals surface area contributed by atoms with E-state index in [4.69, 9.17) is 0 Å². The van der Waals surface area contributed by atoms with Crippen LogP contribution in [0.2, 0.25) is 0 Å². The van der Waals surface area contributed by atoms with Gasteiger partial charge in [-0.3, -0.25) is 0 Å². The van der Waals surface area contributed by atoms with Gasteiger partial charge in [0.1, 0.15) is 5.69 Å². The van der Waals surface area contributed by atoms with E-state index in [-0.39, 0.29) is 0 Å². The van der Waals surface area contributed by atoms with Crippen LogP contribution in [0.25, 0.3) is 22.5 Å². The SMILES string of the molecule is O=Nc1cc(-c2ccccc2)[nH]c1-c1ccccc1. The number of nitrogens with zero attached hydrogens (tertiary/aromatic N) is 1. The highest BCUT2D eigenvalue weighted by atomic mass is 16.3. The fourth-order valence-corrected chi connectivity index (χ4v) is 2.11. The molecule has 0 radical (unpaired) electrons. The van der Waals surface area contributed by atoms with Gasteiger partial charge in [-0.05, 0) is 16.8 Å². The van der Waals surface area contributed by atoms with Crippen LogP contribution in [0.15, 0.2) is 71.9 Å². The number of rotatable bonds is 3. The molecule has 3 heteroatoms. The topological polar surface area (TPSA) is 45.2 Å². The molecule has 0 fully saturated rings. The van der Waals surface area contributed by atoms with Crippen molar-refractivity contribution in [3.8, 4) is 22.5 Å². The standard InChI is InChI=1S/C16H12N2O/c19-18-15-11-14(12-7-3-1-4-8-12)17-16(15)13-9-5-2-6-10-13/h1-11,17H. The third kappa shape index (κ3) is 2.18. The van der Waals surface area contributed by atoms with Crippen molar-refractivity contribution in [3.63, 3.8) is 0 Å². The number of benzene rings is 2. The van der Waals surface area contributed by atoms with Crippen LogP contribution >= 0.6 is 0 Å². The van der Waals surface area contributed by atoms with E-state index < -0.39 is 0 Å². The van der Waals surface area contributed by atoms with Crippen molar-refractivity contribution in [2.24, 2.45) is 5.18 Å². The fraction of sp³-hybridized carbons (Fsp3) is 0. The Labute approximate surface area is 110 Å². The van der Waals surface area contributed by atoms with Gasteiger partial charge in [-0.2, -0.15) is 0 Å². The van der Waals surface area contributed by atoms with Crippen molar-refractivity contribution in [1.82, 2.24) is 4.98 Å². The van der Waals surface area contributed by atoms with E-state index in [1.54, 1.807) is 6.07 Å². The first-order chi connectivity index (χ1) is 9.38. The minimum Gasteiger partial charge on any atom is -0.353 e. The Hall–Kier alpha value is -2.68. The Balaban J connectivity index is 2.12. The van der Waals surface area contributed by atoms with Crippen molar-refractivity contribution in [1.29, 1.82) is 0 Å². The molecule has 0 aliphatic carbocycles. The number of nitroso groups, excluding NO2 is 1. The minimum absolute atomic E-state index is 0.435. The van der Waals surface area contributed by atoms with E-state index in [9.17, 15) is 4.91 Å². The van der Waals surface area contributed by atoms with Gasteiger partial charge < -0.3 is 4.98 Å². The smallest absolute Gasteiger partial charge is 0.134 e. The first-order valence-electron chi connectivity index (χ1n) is 6.05. The van der Waals surface area contributed by atoms with Crippen LogP contribution < -0.4 is 0 Å². The molecule has 0 unspecified atom stereocenters. The molecule has 1 heterocycles. The van der Waals surface area contributed by atoms with E-state index in [1.165, 1.54) is 0 Å². The summed E-state index contributed by atoms with van der Waals surface area (Å²) in [4.78, 5) is 14.2. The average Bonchev–Trinajstić information content (AvgIpc) is 2.93. The third-order valence-corrected chi connectivity index (χ3v) is 3.04. The molecule has 19 heavy (non-hydrogen) atoms. The van der Waals surface area contributed by atoms with Gasteiger partial charge in [0.25, 0.3) is 0 Å². The maximum Gasteiger partial charge on any atom is 0.134 e. The Morgan fingerprint density at radius 2 is 1.37 bits per heavy atom. The monoisotopic (exact) mass is 248 g/mol. The molecule has 1 N–H and O–H groups in total. The summed E-state index contributed by atoms with van der Waals surface area (Å²) in [5.74, 6) is 0. The summed E-state index contributed by atoms with van der Waals surface area (Å²) in [7, 11) is 0. The summed E-state index contributed by atoms with van der Waals surface area (Å²) < 4.78 is 0. The molecule has 0 aliphatic heterocycles. The predicted octanol–water partition coefficient (Wildman–Crippen LogP) is 4.75. The van der Waals surface area contributed by atoms with Crippen LogP contribution in [-0.4, -0.2) is 4.98 Å². The van der Waals surface area contributed by atoms with Gasteiger partial charge in [-0.25, -0.2) is 0 Å². The van der Waals surface area contributed by atoms with Crippen LogP contribution in [0.3, 0.4) is 0 Å². The molecule has 3 rings (SSSR count). The third-order valence-electron chi connectivity index (χ3n) is 3.04. The van der Waals surface area contributed by atoms with Crippen molar-refractivity contribution in [2.45, 2.75) is 0 Å². The lowest BCUT2D eigenvalue weighted by atomic mass is 10.1. The van der Waals surface area contributed by atoms with Gasteiger partial charge in [0.2, 0.25) is 0 Å². The number of aromatic amines is 1. The molecule has 0 amide bonds. The Morgan fingerprint density at radius 3 is 1.95 bits per heavy atom. The summed E-state index contributed by atoms with van der Waals surface area (Å²) in [6.45, 7) is 0. The number of nitrogens with one attached hydrogen (secondary N) is 1. The summed E-state index contributed by atoms with van der Waals surface area (Å²) >= 11 is 0. The molecule has 3 nitrogen and oxygen atoms in total. The quantitative estimate of drug-likeness (QED) is 0.668. The van der Waals surface area contributed by atoms with Crippen molar-refractivity contribution < 1.29 is 0 Å². The lowest BCUT2D eigenvalue weighted by molar-refractivity contribution is 1.38. The Bertz CT molecular complexity index is 687. The van der Waals surface area contributed by atoms with Crippen LogP contribution in [0.1, 0.15) is 0 Å². The van der Waals surface area contributed by atoms with Gasteiger partial charge in [0.05, 0.1) is 5.69 Å². The van der Waals surface area contributed by atoms with Gasteiger partial charge in [0.15, 0.2) is 0 Å². The van der Waals surface area contributed by atoms with Crippen LogP contribution in [-0.2, 0) is 0 Å². The molecule has 2 aromatic carbocycles. The van der Waals surface area contributed by atoms with Crippen LogP contribution in [0.4, 0.5) is 5.69 Å². The highest BCUT2D eigenvalue weighted by Crippen LogP contribution is 2.34. The zero-order valence-electron chi connectivity index (χ0n) is 10.2. The van der Waals surface area contributed by atoms with Crippen molar-refractivity contribution in [2.75, 3.05) is 0 Å². The zero-order chi connectivity index (χ0) is 13.1. The Kier molecular flexibility index (Phi) is 2.94. The fourth-order valence-electron chi connectivity index (χ4n) is 2.11. The molecule has 92 valence electrons. The maximum atomic E-state index is 11.0. The second kappa shape index (κ2) is 4.90. The normalized spacial score (nSPS) is 10.3. The molecule has 3 aromatic rings. The predicted molar refractivity (Wildman–Crippen MR) is 77.1 cm³/mol. The van der Waals surface area contributed by atoms with E-state index in [2.05, 4.69) is 10.2 Å². The molecule has 0 saturated carbocycles. The van der Waals surface area contributed by atoms with E-state index in [0.29, 0.717) is 5.69 Å². The number of aromatic nitrogens is 1. The first-order valence-corrected chi connectivity index (χ1v) is 6.05. The van der Waals surface area contributed by atoms with Gasteiger partial charge in [-0.15, -0.1) is 4.91 Å². The molecule has 0 atom stereocenters. The van der Waals surface area contributed by atoms with E-state index in [1.807, 2.05) is 60.7 Å². The molecule has 0 aliphatic rings. The summed E-state index contributed by atoms with van der Waals surface area (Å²) in [5, 5.41) is 3.11. The second-order valence-corrected chi connectivity index (χ2v) is 4.27. The molecule has 0 bridgehead atoms. The van der Waals surface area contributed by atoms with Crippen molar-refractivity contribution >= 4 is 5.69 Å². The molecular weight excluding hydrogens is 236 g/mol. The molecular formula is C16H12N2O. The van der Waals surface area contributed by atoms with Gasteiger partial charge in [0, 0.05) is 11.3 Å². The van der Waals surface area contributed by atoms with Crippen LogP contribution in [0.5, 0.6) is 0 Å². The average molecular weight is 248 g/mol. The van der Waals surface area contributed by atoms with Crippen LogP contribution in [0, 0.1) is 4.91 Å². The molecule has 0 saturated heterocycles. The highest BCUT2D eigenvalue weighted by Gasteiger charge is 2.11. The summed E-state index contributed by atoms with van der Waals surface area (Å²) in [6, 6.07) is 21.4. The van der Waals surface area contributed by atoms with E-state index >= 15 is 0 Å². The van der Waals surface area contributed by atoms with E-state index in [0.717, 1.165) is 22.5 Å². The molecule has 0 spiro atoms. The first kappa shape index (κ1) is 11.4. The zero-order valence-corrected chi connectivity index (χ0v) is 10.2. The minimum atomic E-state index is 0.435. The summed E-state index contributed by atoms with van der Waals surface area (Å²) in [6.07, 6.45) is 0. The van der Waals surface area contributed by atoms with Gasteiger partial charge in [-0.1, -0.05) is 60.7 Å². The largest absolute Gasteiger partial charge is 0.353 e. The van der Waals surface area contributed by atoms with Gasteiger partial charge >= 0.3 is 0 Å². The second-order valence-electron chi connectivity index (χ2n) is 4.27. The number of hydrogen-bond acceptors (Lipinski definition) is 2.